The van der Waals surface area contributed by atoms with Crippen molar-refractivity contribution >= 4 is 17.6 Å². The summed E-state index contributed by atoms with van der Waals surface area (Å²) >= 11 is 6.21. The summed E-state index contributed by atoms with van der Waals surface area (Å²) in [6, 6.07) is 7.67. The fourth-order valence-corrected chi connectivity index (χ4v) is 3.87. The molecule has 1 aromatic carbocycles. The predicted octanol–water partition coefficient (Wildman–Crippen LogP) is 4.46. The van der Waals surface area contributed by atoms with E-state index in [4.69, 9.17) is 25.8 Å². The second kappa shape index (κ2) is 8.99. The van der Waals surface area contributed by atoms with Gasteiger partial charge < -0.3 is 14.2 Å². The Labute approximate surface area is 191 Å². The number of aromatic nitrogens is 4. The van der Waals surface area contributed by atoms with Crippen molar-refractivity contribution in [1.82, 2.24) is 19.7 Å². The van der Waals surface area contributed by atoms with E-state index in [0.717, 1.165) is 4.57 Å². The molecule has 0 bridgehead atoms. The molecule has 0 amide bonds. The second-order valence-electron chi connectivity index (χ2n) is 7.03. The van der Waals surface area contributed by atoms with Gasteiger partial charge in [0.2, 0.25) is 11.7 Å². The first-order valence-corrected chi connectivity index (χ1v) is 10.2. The van der Waals surface area contributed by atoms with Gasteiger partial charge in [-0.2, -0.15) is 13.2 Å². The van der Waals surface area contributed by atoms with Crippen LogP contribution < -0.4 is 4.74 Å². The van der Waals surface area contributed by atoms with Gasteiger partial charge in [0.1, 0.15) is 12.2 Å². The maximum atomic E-state index is 13.9. The summed E-state index contributed by atoms with van der Waals surface area (Å²) in [6.45, 7) is 1.72. The van der Waals surface area contributed by atoms with E-state index >= 15 is 0 Å². The van der Waals surface area contributed by atoms with Crippen LogP contribution in [0, 0.1) is 0 Å². The van der Waals surface area contributed by atoms with Crippen LogP contribution in [0.15, 0.2) is 36.5 Å². The molecule has 0 saturated carbocycles. The Balaban J connectivity index is 1.98. The lowest BCUT2D eigenvalue weighted by atomic mass is 10.00. The normalized spacial score (nSPS) is 17.6. The number of alkyl halides is 3. The largest absolute Gasteiger partial charge is 0.481 e. The number of halogens is 4. The third kappa shape index (κ3) is 4.38. The van der Waals surface area contributed by atoms with Crippen molar-refractivity contribution in [2.45, 2.75) is 31.7 Å². The van der Waals surface area contributed by atoms with Gasteiger partial charge in [0.25, 0.3) is 0 Å². The molecule has 8 nitrogen and oxygen atoms in total. The summed E-state index contributed by atoms with van der Waals surface area (Å²) in [5.74, 6) is -1.90. The van der Waals surface area contributed by atoms with Gasteiger partial charge in [-0.3, -0.25) is 9.36 Å². The van der Waals surface area contributed by atoms with Crippen LogP contribution in [-0.2, 0) is 20.4 Å². The van der Waals surface area contributed by atoms with Gasteiger partial charge in [0.15, 0.2) is 5.82 Å². The maximum absolute atomic E-state index is 13.9. The van der Waals surface area contributed by atoms with E-state index in [1.54, 1.807) is 19.1 Å². The number of pyridine rings is 1. The Morgan fingerprint density at radius 2 is 2.03 bits per heavy atom. The first kappa shape index (κ1) is 23.0. The molecule has 0 radical (unpaired) electrons. The quantitative estimate of drug-likeness (QED) is 0.496. The molecule has 174 valence electrons. The van der Waals surface area contributed by atoms with E-state index in [9.17, 15) is 18.0 Å². The third-order valence-corrected chi connectivity index (χ3v) is 5.21. The van der Waals surface area contributed by atoms with Crippen LogP contribution in [0.5, 0.6) is 5.88 Å². The predicted molar refractivity (Wildman–Crippen MR) is 109 cm³/mol. The zero-order valence-corrected chi connectivity index (χ0v) is 18.2. The number of methoxy groups -OCH3 is 1. The van der Waals surface area contributed by atoms with E-state index in [-0.39, 0.29) is 35.4 Å². The van der Waals surface area contributed by atoms with Crippen molar-refractivity contribution in [3.05, 3.63) is 64.3 Å². The zero-order chi connectivity index (χ0) is 23.8. The number of nitrogens with zero attached hydrogens (tertiary/aromatic N) is 4. The molecule has 1 aliphatic rings. The standard InChI is InChI=1S/C21H18ClF3N4O4/c1-3-32-16(30)10-15-18-27-28-20(21(23,24)25)29(18)14-7-6-11(22)9-13(14)17(33-15)12-5-4-8-26-19(12)31-2/h4-9,15,17H,3,10H2,1-2H3/t15-,17-/m0/s1. The van der Waals surface area contributed by atoms with Crippen molar-refractivity contribution in [3.8, 4) is 11.6 Å². The molecule has 3 heterocycles. The van der Waals surface area contributed by atoms with Crippen LogP contribution in [0.25, 0.3) is 5.69 Å². The van der Waals surface area contributed by atoms with Crippen LogP contribution in [-0.4, -0.2) is 39.4 Å². The molecular formula is C21H18ClF3N4O4. The monoisotopic (exact) mass is 482 g/mol. The van der Waals surface area contributed by atoms with Crippen molar-refractivity contribution < 1.29 is 32.2 Å². The molecule has 0 spiro atoms. The van der Waals surface area contributed by atoms with Crippen molar-refractivity contribution in [1.29, 1.82) is 0 Å². The Kier molecular flexibility index (Phi) is 6.26. The fraction of sp³-hybridized carbons (Fsp3) is 0.333. The molecule has 33 heavy (non-hydrogen) atoms. The van der Waals surface area contributed by atoms with Gasteiger partial charge in [-0.15, -0.1) is 10.2 Å². The third-order valence-electron chi connectivity index (χ3n) is 4.98. The van der Waals surface area contributed by atoms with Gasteiger partial charge in [0, 0.05) is 22.3 Å². The summed E-state index contributed by atoms with van der Waals surface area (Å²) in [5.41, 5.74) is 0.838. The molecule has 0 saturated heterocycles. The number of hydrogen-bond donors (Lipinski definition) is 0. The minimum absolute atomic E-state index is 0.0989. The Hall–Kier alpha value is -3.18. The smallest absolute Gasteiger partial charge is 0.452 e. The minimum Gasteiger partial charge on any atom is -0.481 e. The Bertz CT molecular complexity index is 1180. The topological polar surface area (TPSA) is 88.4 Å². The van der Waals surface area contributed by atoms with E-state index in [2.05, 4.69) is 15.2 Å². The number of carbonyl (C=O) groups excluding carboxylic acids is 1. The molecule has 3 aromatic rings. The van der Waals surface area contributed by atoms with E-state index in [0.29, 0.717) is 11.1 Å². The number of ether oxygens (including phenoxy) is 3. The van der Waals surface area contributed by atoms with Crippen LogP contribution in [0.3, 0.4) is 0 Å². The number of esters is 1. The van der Waals surface area contributed by atoms with Gasteiger partial charge in [-0.05, 0) is 37.3 Å². The average Bonchev–Trinajstić information content (AvgIpc) is 3.17. The van der Waals surface area contributed by atoms with Crippen LogP contribution in [0.1, 0.15) is 48.3 Å². The highest BCUT2D eigenvalue weighted by Crippen LogP contribution is 2.45. The van der Waals surface area contributed by atoms with Gasteiger partial charge >= 0.3 is 12.1 Å². The molecule has 0 fully saturated rings. The summed E-state index contributed by atoms with van der Waals surface area (Å²) in [4.78, 5) is 16.5. The van der Waals surface area contributed by atoms with Gasteiger partial charge in [-0.1, -0.05) is 11.6 Å². The Morgan fingerprint density at radius 3 is 2.73 bits per heavy atom. The summed E-state index contributed by atoms with van der Waals surface area (Å²) in [5, 5.41) is 7.38. The average molecular weight is 483 g/mol. The molecule has 0 N–H and O–H groups in total. The minimum atomic E-state index is -4.82. The van der Waals surface area contributed by atoms with Gasteiger partial charge in [-0.25, -0.2) is 4.98 Å². The molecule has 2 aromatic heterocycles. The van der Waals surface area contributed by atoms with E-state index in [1.165, 1.54) is 31.5 Å². The lowest BCUT2D eigenvalue weighted by Gasteiger charge is -2.23. The lowest BCUT2D eigenvalue weighted by Crippen LogP contribution is -2.18. The summed E-state index contributed by atoms with van der Waals surface area (Å²) in [7, 11) is 1.41. The second-order valence-corrected chi connectivity index (χ2v) is 7.47. The SMILES string of the molecule is CCOC(=O)C[C@@H]1O[C@@H](c2cccnc2OC)c2cc(Cl)ccc2-n2c1nnc2C(F)(F)F. The molecular weight excluding hydrogens is 465 g/mol. The molecule has 0 aliphatic carbocycles. The highest BCUT2D eigenvalue weighted by Gasteiger charge is 2.43. The molecule has 12 heteroatoms. The lowest BCUT2D eigenvalue weighted by molar-refractivity contribution is -0.147. The number of rotatable bonds is 5. The van der Waals surface area contributed by atoms with Crippen LogP contribution in [0.2, 0.25) is 5.02 Å². The number of carbonyl (C=O) groups is 1. The number of hydrogen-bond acceptors (Lipinski definition) is 7. The number of benzene rings is 1. The van der Waals surface area contributed by atoms with E-state index < -0.39 is 30.2 Å². The van der Waals surface area contributed by atoms with Crippen LogP contribution in [0.4, 0.5) is 13.2 Å². The zero-order valence-electron chi connectivity index (χ0n) is 17.5. The Morgan fingerprint density at radius 1 is 1.24 bits per heavy atom. The molecule has 1 aliphatic heterocycles. The highest BCUT2D eigenvalue weighted by molar-refractivity contribution is 6.30. The van der Waals surface area contributed by atoms with Crippen LogP contribution >= 0.6 is 11.6 Å². The summed E-state index contributed by atoms with van der Waals surface area (Å²) < 4.78 is 59.0. The number of fused-ring (bicyclic) bond motifs is 3. The molecule has 2 atom stereocenters. The fourth-order valence-electron chi connectivity index (χ4n) is 3.69. The molecule has 0 unspecified atom stereocenters. The maximum Gasteiger partial charge on any atom is 0.452 e. The van der Waals surface area contributed by atoms with E-state index in [1.807, 2.05) is 0 Å². The van der Waals surface area contributed by atoms with Crippen molar-refractivity contribution in [3.63, 3.8) is 0 Å². The first-order chi connectivity index (χ1) is 15.7. The molecule has 4 rings (SSSR count). The first-order valence-electron chi connectivity index (χ1n) is 9.86. The van der Waals surface area contributed by atoms with Gasteiger partial charge in [0.05, 0.1) is 25.8 Å². The summed E-state index contributed by atoms with van der Waals surface area (Å²) in [6.07, 6.45) is -5.89. The van der Waals surface area contributed by atoms with Crippen molar-refractivity contribution in [2.24, 2.45) is 0 Å². The highest BCUT2D eigenvalue weighted by atomic mass is 35.5. The van der Waals surface area contributed by atoms with Crippen molar-refractivity contribution in [2.75, 3.05) is 13.7 Å².